The minimum Gasteiger partial charge on any atom is -0.334 e. The standard InChI is InChI=1S/C38H36F5N3O2S/c1-2-44-19-16-30(17-20-44)46(23-25-6-8-26(9-7-25)27-10-13-29(14-11-27)38(41,42)43)35(48)24-45-31(22-34(47)37-33(45)18-21-49-37)15-12-28-4-3-5-32(39)36(28)40/h3-11,13-14,18,21-22,30H,2,12,15-17,19-20,23-24H2,1H3. The van der Waals surface area contributed by atoms with E-state index < -0.39 is 23.4 Å². The van der Waals surface area contributed by atoms with E-state index in [4.69, 9.17) is 0 Å². The van der Waals surface area contributed by atoms with Crippen molar-refractivity contribution < 1.29 is 26.7 Å². The summed E-state index contributed by atoms with van der Waals surface area (Å²) in [7, 11) is 0. The third-order valence-electron chi connectivity index (χ3n) is 9.40. The van der Waals surface area contributed by atoms with Gasteiger partial charge in [0.25, 0.3) is 0 Å². The van der Waals surface area contributed by atoms with Crippen molar-refractivity contribution in [2.24, 2.45) is 0 Å². The Morgan fingerprint density at radius 2 is 1.59 bits per heavy atom. The van der Waals surface area contributed by atoms with Gasteiger partial charge in [0.2, 0.25) is 5.91 Å². The quantitative estimate of drug-likeness (QED) is 0.138. The molecule has 6 rings (SSSR count). The first-order chi connectivity index (χ1) is 23.5. The van der Waals surface area contributed by atoms with E-state index in [0.717, 1.165) is 61.8 Å². The van der Waals surface area contributed by atoms with E-state index in [9.17, 15) is 31.5 Å². The number of halogens is 5. The lowest BCUT2D eigenvalue weighted by atomic mass is 10.00. The molecule has 5 nitrogen and oxygen atoms in total. The predicted molar refractivity (Wildman–Crippen MR) is 182 cm³/mol. The molecule has 256 valence electrons. The highest BCUT2D eigenvalue weighted by atomic mass is 32.1. The fraction of sp³-hybridized carbons (Fsp3) is 0.316. The Kier molecular flexibility index (Phi) is 10.3. The largest absolute Gasteiger partial charge is 0.416 e. The Bertz CT molecular complexity index is 1980. The molecule has 0 bridgehead atoms. The fourth-order valence-corrected chi connectivity index (χ4v) is 7.40. The van der Waals surface area contributed by atoms with Crippen molar-refractivity contribution in [2.75, 3.05) is 19.6 Å². The lowest BCUT2D eigenvalue weighted by Gasteiger charge is -2.38. The number of thiophene rings is 1. The first kappa shape index (κ1) is 34.5. The zero-order valence-electron chi connectivity index (χ0n) is 27.0. The molecule has 3 aromatic carbocycles. The van der Waals surface area contributed by atoms with Gasteiger partial charge in [0, 0.05) is 37.4 Å². The summed E-state index contributed by atoms with van der Waals surface area (Å²) in [5, 5.41) is 1.81. The van der Waals surface area contributed by atoms with Crippen molar-refractivity contribution >= 4 is 27.5 Å². The summed E-state index contributed by atoms with van der Waals surface area (Å²) >= 11 is 1.30. The molecule has 0 saturated carbocycles. The van der Waals surface area contributed by atoms with E-state index in [1.54, 1.807) is 5.38 Å². The van der Waals surface area contributed by atoms with Crippen molar-refractivity contribution in [2.45, 2.75) is 57.9 Å². The van der Waals surface area contributed by atoms with Gasteiger partial charge >= 0.3 is 6.18 Å². The van der Waals surface area contributed by atoms with Gasteiger partial charge < -0.3 is 14.4 Å². The number of alkyl halides is 3. The zero-order chi connectivity index (χ0) is 34.7. The van der Waals surface area contributed by atoms with Gasteiger partial charge in [-0.1, -0.05) is 55.5 Å². The van der Waals surface area contributed by atoms with Gasteiger partial charge in [0.05, 0.1) is 15.8 Å². The monoisotopic (exact) mass is 693 g/mol. The molecule has 49 heavy (non-hydrogen) atoms. The summed E-state index contributed by atoms with van der Waals surface area (Å²) in [5.41, 5.74) is 2.80. The van der Waals surface area contributed by atoms with Crippen LogP contribution in [0.2, 0.25) is 0 Å². The highest BCUT2D eigenvalue weighted by Crippen LogP contribution is 2.31. The van der Waals surface area contributed by atoms with Gasteiger partial charge in [0.1, 0.15) is 6.54 Å². The van der Waals surface area contributed by atoms with Gasteiger partial charge in [-0.3, -0.25) is 9.59 Å². The number of carbonyl (C=O) groups excluding carboxylic acids is 1. The fourth-order valence-electron chi connectivity index (χ4n) is 6.59. The number of amides is 1. The normalized spacial score (nSPS) is 14.4. The van der Waals surface area contributed by atoms with Crippen molar-refractivity contribution in [3.63, 3.8) is 0 Å². The predicted octanol–water partition coefficient (Wildman–Crippen LogP) is 8.33. The number of nitrogens with zero attached hydrogens (tertiary/aromatic N) is 3. The number of carbonyl (C=O) groups is 1. The summed E-state index contributed by atoms with van der Waals surface area (Å²) in [6.45, 7) is 5.05. The SMILES string of the molecule is CCN1CCC(N(Cc2ccc(-c3ccc(C(F)(F)F)cc3)cc2)C(=O)Cn2c(CCc3cccc(F)c3F)cc(=O)c3sccc32)CC1. The number of rotatable bonds is 10. The molecular weight excluding hydrogens is 657 g/mol. The van der Waals surface area contributed by atoms with Crippen LogP contribution in [0.5, 0.6) is 0 Å². The van der Waals surface area contributed by atoms with Crippen LogP contribution in [-0.4, -0.2) is 46.0 Å². The maximum Gasteiger partial charge on any atom is 0.416 e. The Hall–Kier alpha value is -4.35. The Morgan fingerprint density at radius 1 is 0.918 bits per heavy atom. The van der Waals surface area contributed by atoms with E-state index in [0.29, 0.717) is 28.0 Å². The lowest BCUT2D eigenvalue weighted by Crippen LogP contribution is -2.48. The summed E-state index contributed by atoms with van der Waals surface area (Å²) in [5.74, 6) is -1.98. The van der Waals surface area contributed by atoms with Crippen molar-refractivity contribution in [1.29, 1.82) is 0 Å². The number of hydrogen-bond donors (Lipinski definition) is 0. The van der Waals surface area contributed by atoms with Crippen LogP contribution in [0.15, 0.2) is 89.0 Å². The summed E-state index contributed by atoms with van der Waals surface area (Å²) in [4.78, 5) is 31.6. The van der Waals surface area contributed by atoms with E-state index in [-0.39, 0.29) is 42.3 Å². The molecule has 0 radical (unpaired) electrons. The minimum atomic E-state index is -4.41. The molecule has 1 amide bonds. The van der Waals surface area contributed by atoms with Gasteiger partial charge in [-0.05, 0) is 84.1 Å². The average Bonchev–Trinajstić information content (AvgIpc) is 3.60. The topological polar surface area (TPSA) is 45.5 Å². The molecule has 0 N–H and O–H groups in total. The second-order valence-electron chi connectivity index (χ2n) is 12.4. The van der Waals surface area contributed by atoms with Crippen LogP contribution in [0.4, 0.5) is 22.0 Å². The molecule has 1 saturated heterocycles. The summed E-state index contributed by atoms with van der Waals surface area (Å²) in [6.07, 6.45) is -2.43. The number of fused-ring (bicyclic) bond motifs is 1. The number of benzene rings is 3. The summed E-state index contributed by atoms with van der Waals surface area (Å²) < 4.78 is 69.9. The highest BCUT2D eigenvalue weighted by Gasteiger charge is 2.30. The van der Waals surface area contributed by atoms with Crippen LogP contribution < -0.4 is 5.43 Å². The van der Waals surface area contributed by atoms with Gasteiger partial charge in [-0.2, -0.15) is 13.2 Å². The molecule has 0 aliphatic carbocycles. The van der Waals surface area contributed by atoms with Crippen LogP contribution in [0, 0.1) is 11.6 Å². The van der Waals surface area contributed by atoms with Crippen molar-refractivity contribution in [3.05, 3.63) is 128 Å². The molecule has 1 aliphatic rings. The second kappa shape index (κ2) is 14.6. The molecule has 0 atom stereocenters. The van der Waals surface area contributed by atoms with Gasteiger partial charge in [-0.25, -0.2) is 8.78 Å². The zero-order valence-corrected chi connectivity index (χ0v) is 27.8. The lowest BCUT2D eigenvalue weighted by molar-refractivity contribution is -0.137. The highest BCUT2D eigenvalue weighted by molar-refractivity contribution is 7.17. The average molecular weight is 694 g/mol. The molecule has 1 aliphatic heterocycles. The Labute approximate surface area is 285 Å². The Balaban J connectivity index is 1.27. The van der Waals surface area contributed by atoms with Crippen LogP contribution >= 0.6 is 11.3 Å². The van der Waals surface area contributed by atoms with Crippen LogP contribution in [0.1, 0.15) is 42.1 Å². The first-order valence-electron chi connectivity index (χ1n) is 16.3. The van der Waals surface area contributed by atoms with Gasteiger partial charge in [0.15, 0.2) is 17.1 Å². The second-order valence-corrected chi connectivity index (χ2v) is 13.3. The third kappa shape index (κ3) is 7.78. The molecule has 2 aromatic heterocycles. The molecule has 0 unspecified atom stereocenters. The van der Waals surface area contributed by atoms with Crippen LogP contribution in [0.3, 0.4) is 0 Å². The van der Waals surface area contributed by atoms with Crippen LogP contribution in [-0.2, 0) is 36.9 Å². The number of hydrogen-bond acceptors (Lipinski definition) is 4. The third-order valence-corrected chi connectivity index (χ3v) is 10.3. The minimum absolute atomic E-state index is 0.0212. The smallest absolute Gasteiger partial charge is 0.334 e. The van der Waals surface area contributed by atoms with E-state index in [1.165, 1.54) is 41.7 Å². The van der Waals surface area contributed by atoms with E-state index in [1.807, 2.05) is 39.8 Å². The molecule has 11 heteroatoms. The molecule has 5 aromatic rings. The number of aryl methyl sites for hydroxylation is 2. The van der Waals surface area contributed by atoms with Crippen LogP contribution in [0.25, 0.3) is 21.3 Å². The summed E-state index contributed by atoms with van der Waals surface area (Å²) in [6, 6.07) is 19.8. The number of piperidine rings is 1. The molecule has 0 spiro atoms. The van der Waals surface area contributed by atoms with Crippen molar-refractivity contribution in [1.82, 2.24) is 14.4 Å². The number of likely N-dealkylation sites (tertiary alicyclic amines) is 1. The van der Waals surface area contributed by atoms with E-state index in [2.05, 4.69) is 11.8 Å². The van der Waals surface area contributed by atoms with E-state index >= 15 is 0 Å². The van der Waals surface area contributed by atoms with Gasteiger partial charge in [-0.15, -0.1) is 11.3 Å². The molecule has 1 fully saturated rings. The Morgan fingerprint density at radius 3 is 2.24 bits per heavy atom. The molecular formula is C38H36F5N3O2S. The maximum absolute atomic E-state index is 14.5. The maximum atomic E-state index is 14.5. The first-order valence-corrected chi connectivity index (χ1v) is 17.2. The van der Waals surface area contributed by atoms with Crippen molar-refractivity contribution in [3.8, 4) is 11.1 Å². The number of pyridine rings is 1. The number of aromatic nitrogens is 1. The molecule has 3 heterocycles.